The van der Waals surface area contributed by atoms with Gasteiger partial charge in [0.2, 0.25) is 0 Å². The molecule has 0 radical (unpaired) electrons. The number of carbonyl (C=O) groups excluding carboxylic acids is 1. The van der Waals surface area contributed by atoms with E-state index >= 15 is 0 Å². The molecule has 0 amide bonds. The molecule has 0 aliphatic rings. The average Bonchev–Trinajstić information content (AvgIpc) is 2.63. The number of methoxy groups -OCH3 is 1. The number of esters is 1. The van der Waals surface area contributed by atoms with E-state index < -0.39 is 10.9 Å². The maximum atomic E-state index is 11.9. The maximum Gasteiger partial charge on any atom is 0.332 e. The molecule has 2 aromatic carbocycles. The number of non-ortho nitro benzene ring substituents is 1. The molecule has 0 unspecified atom stereocenters. The second kappa shape index (κ2) is 8.52. The largest absolute Gasteiger partial charge is 0.497 e. The lowest BCUT2D eigenvalue weighted by molar-refractivity contribution is -0.384. The number of nitrogens with one attached hydrogen (secondary N) is 1. The SMILES string of the molecule is CCOC(=O)/C=C(/Nc1ccc(OC)cc1N)c1ccc([N+](=O)[O-])cc1. The summed E-state index contributed by atoms with van der Waals surface area (Å²) in [4.78, 5) is 22.2. The van der Waals surface area contributed by atoms with E-state index in [9.17, 15) is 14.9 Å². The van der Waals surface area contributed by atoms with Crippen molar-refractivity contribution in [3.05, 3.63) is 64.2 Å². The number of nitrogen functional groups attached to an aromatic ring is 1. The van der Waals surface area contributed by atoms with Crippen LogP contribution in [0.5, 0.6) is 5.75 Å². The number of carbonyl (C=O) groups is 1. The molecule has 26 heavy (non-hydrogen) atoms. The summed E-state index contributed by atoms with van der Waals surface area (Å²) in [6.45, 7) is 1.93. The van der Waals surface area contributed by atoms with Crippen LogP contribution >= 0.6 is 0 Å². The monoisotopic (exact) mass is 357 g/mol. The molecule has 0 aromatic heterocycles. The van der Waals surface area contributed by atoms with Gasteiger partial charge in [-0.25, -0.2) is 4.79 Å². The van der Waals surface area contributed by atoms with Crippen molar-refractivity contribution >= 4 is 28.7 Å². The molecule has 8 nitrogen and oxygen atoms in total. The Balaban J connectivity index is 2.38. The molecule has 2 rings (SSSR count). The Morgan fingerprint density at radius 2 is 1.96 bits per heavy atom. The van der Waals surface area contributed by atoms with Gasteiger partial charge < -0.3 is 20.5 Å². The van der Waals surface area contributed by atoms with Crippen LogP contribution in [0.2, 0.25) is 0 Å². The van der Waals surface area contributed by atoms with Crippen LogP contribution in [-0.4, -0.2) is 24.6 Å². The Labute approximate surface area is 150 Å². The minimum atomic E-state index is -0.541. The quantitative estimate of drug-likeness (QED) is 0.257. The molecule has 0 heterocycles. The van der Waals surface area contributed by atoms with Gasteiger partial charge in [0.15, 0.2) is 0 Å². The van der Waals surface area contributed by atoms with Crippen molar-refractivity contribution in [2.24, 2.45) is 0 Å². The van der Waals surface area contributed by atoms with Gasteiger partial charge in [0, 0.05) is 24.3 Å². The Hall–Kier alpha value is -3.55. The molecular weight excluding hydrogens is 338 g/mol. The summed E-state index contributed by atoms with van der Waals surface area (Å²) in [5.41, 5.74) is 7.89. The van der Waals surface area contributed by atoms with E-state index in [0.29, 0.717) is 28.4 Å². The number of hydrogen-bond acceptors (Lipinski definition) is 7. The van der Waals surface area contributed by atoms with E-state index in [2.05, 4.69) is 5.32 Å². The van der Waals surface area contributed by atoms with Crippen molar-refractivity contribution in [2.75, 3.05) is 24.8 Å². The van der Waals surface area contributed by atoms with E-state index in [0.717, 1.165) is 0 Å². The molecule has 3 N–H and O–H groups in total. The highest BCUT2D eigenvalue weighted by atomic mass is 16.6. The molecule has 0 aliphatic carbocycles. The van der Waals surface area contributed by atoms with Crippen LogP contribution in [-0.2, 0) is 9.53 Å². The average molecular weight is 357 g/mol. The van der Waals surface area contributed by atoms with E-state index in [-0.39, 0.29) is 12.3 Å². The molecule has 0 spiro atoms. The molecule has 0 saturated carbocycles. The zero-order chi connectivity index (χ0) is 19.1. The molecule has 0 fully saturated rings. The minimum Gasteiger partial charge on any atom is -0.497 e. The molecule has 2 aromatic rings. The first-order valence-corrected chi connectivity index (χ1v) is 7.78. The van der Waals surface area contributed by atoms with Gasteiger partial charge in [-0.05, 0) is 36.8 Å². The highest BCUT2D eigenvalue weighted by Crippen LogP contribution is 2.28. The van der Waals surface area contributed by atoms with Crippen molar-refractivity contribution in [3.63, 3.8) is 0 Å². The zero-order valence-corrected chi connectivity index (χ0v) is 14.4. The van der Waals surface area contributed by atoms with E-state index in [1.54, 1.807) is 25.1 Å². The third kappa shape index (κ3) is 4.73. The normalized spacial score (nSPS) is 10.9. The fourth-order valence-electron chi connectivity index (χ4n) is 2.18. The molecule has 0 atom stereocenters. The standard InChI is InChI=1S/C18H19N3O5/c1-3-26-18(22)11-17(12-4-6-13(7-5-12)21(23)24)20-16-9-8-14(25-2)10-15(16)19/h4-11,20H,3,19H2,1-2H3/b17-11+. The third-order valence-corrected chi connectivity index (χ3v) is 3.47. The summed E-state index contributed by atoms with van der Waals surface area (Å²) in [5.74, 6) is 0.0553. The third-order valence-electron chi connectivity index (χ3n) is 3.47. The Morgan fingerprint density at radius 3 is 2.50 bits per heavy atom. The van der Waals surface area contributed by atoms with Gasteiger partial charge in [0.05, 0.1) is 35.7 Å². The van der Waals surface area contributed by atoms with Crippen LogP contribution in [0.3, 0.4) is 0 Å². The van der Waals surface area contributed by atoms with Crippen molar-refractivity contribution in [1.82, 2.24) is 0 Å². The predicted octanol–water partition coefficient (Wildman–Crippen LogP) is 3.20. The maximum absolute atomic E-state index is 11.9. The molecule has 8 heteroatoms. The van der Waals surface area contributed by atoms with Gasteiger partial charge in [0.25, 0.3) is 5.69 Å². The molecule has 0 aliphatic heterocycles. The molecular formula is C18H19N3O5. The summed E-state index contributed by atoms with van der Waals surface area (Å²) in [5, 5.41) is 13.9. The minimum absolute atomic E-state index is 0.0480. The number of rotatable bonds is 7. The Morgan fingerprint density at radius 1 is 1.27 bits per heavy atom. The van der Waals surface area contributed by atoms with E-state index in [4.69, 9.17) is 15.2 Å². The molecule has 0 saturated heterocycles. The second-order valence-corrected chi connectivity index (χ2v) is 5.19. The van der Waals surface area contributed by atoms with Gasteiger partial charge in [-0.3, -0.25) is 10.1 Å². The summed E-state index contributed by atoms with van der Waals surface area (Å²) in [6.07, 6.45) is 1.27. The number of hydrogen-bond donors (Lipinski definition) is 2. The van der Waals surface area contributed by atoms with Crippen LogP contribution in [0.4, 0.5) is 17.1 Å². The summed E-state index contributed by atoms with van der Waals surface area (Å²) in [6, 6.07) is 10.8. The lowest BCUT2D eigenvalue weighted by Crippen LogP contribution is -2.07. The van der Waals surface area contributed by atoms with Crippen LogP contribution in [0.25, 0.3) is 5.70 Å². The first kappa shape index (κ1) is 18.8. The lowest BCUT2D eigenvalue weighted by atomic mass is 10.1. The van der Waals surface area contributed by atoms with Gasteiger partial charge in [-0.15, -0.1) is 0 Å². The first-order valence-electron chi connectivity index (χ1n) is 7.78. The Bertz CT molecular complexity index is 831. The van der Waals surface area contributed by atoms with Crippen molar-refractivity contribution in [2.45, 2.75) is 6.92 Å². The van der Waals surface area contributed by atoms with Crippen molar-refractivity contribution < 1.29 is 19.2 Å². The number of nitrogens with zero attached hydrogens (tertiary/aromatic N) is 1. The van der Waals surface area contributed by atoms with Crippen molar-refractivity contribution in [1.29, 1.82) is 0 Å². The van der Waals surface area contributed by atoms with Crippen LogP contribution < -0.4 is 15.8 Å². The lowest BCUT2D eigenvalue weighted by Gasteiger charge is -2.14. The van der Waals surface area contributed by atoms with E-state index in [1.807, 2.05) is 0 Å². The summed E-state index contributed by atoms with van der Waals surface area (Å²) < 4.78 is 10.1. The number of ether oxygens (including phenoxy) is 2. The smallest absolute Gasteiger partial charge is 0.332 e. The molecule has 0 bridgehead atoms. The van der Waals surface area contributed by atoms with E-state index in [1.165, 1.54) is 37.5 Å². The predicted molar refractivity (Wildman–Crippen MR) is 98.7 cm³/mol. The van der Waals surface area contributed by atoms with Gasteiger partial charge >= 0.3 is 5.97 Å². The van der Waals surface area contributed by atoms with Gasteiger partial charge in [-0.1, -0.05) is 0 Å². The number of nitro groups is 1. The first-order chi connectivity index (χ1) is 12.4. The summed E-state index contributed by atoms with van der Waals surface area (Å²) in [7, 11) is 1.53. The van der Waals surface area contributed by atoms with Crippen LogP contribution in [0, 0.1) is 10.1 Å². The number of anilines is 2. The van der Waals surface area contributed by atoms with Crippen molar-refractivity contribution in [3.8, 4) is 5.75 Å². The topological polar surface area (TPSA) is 117 Å². The number of benzene rings is 2. The van der Waals surface area contributed by atoms with Crippen LogP contribution in [0.1, 0.15) is 12.5 Å². The highest BCUT2D eigenvalue weighted by molar-refractivity contribution is 5.95. The van der Waals surface area contributed by atoms with Gasteiger partial charge in [-0.2, -0.15) is 0 Å². The number of nitrogens with two attached hydrogens (primary N) is 1. The Kier molecular flexibility index (Phi) is 6.15. The molecule has 136 valence electrons. The van der Waals surface area contributed by atoms with Gasteiger partial charge in [0.1, 0.15) is 5.75 Å². The zero-order valence-electron chi connectivity index (χ0n) is 14.4. The highest BCUT2D eigenvalue weighted by Gasteiger charge is 2.11. The fraction of sp³-hybridized carbons (Fsp3) is 0.167. The second-order valence-electron chi connectivity index (χ2n) is 5.19. The van der Waals surface area contributed by atoms with Crippen LogP contribution in [0.15, 0.2) is 48.5 Å². The fourth-order valence-corrected chi connectivity index (χ4v) is 2.18. The number of nitro benzene ring substituents is 1. The summed E-state index contributed by atoms with van der Waals surface area (Å²) >= 11 is 0.